The molecule has 0 radical (unpaired) electrons. The minimum atomic E-state index is -2.03. The van der Waals surface area contributed by atoms with Crippen molar-refractivity contribution < 1.29 is 34.7 Å². The van der Waals surface area contributed by atoms with E-state index in [4.69, 9.17) is 9.47 Å². The van der Waals surface area contributed by atoms with Crippen LogP contribution in [0.25, 0.3) is 0 Å². The fourth-order valence-corrected chi connectivity index (χ4v) is 2.98. The lowest BCUT2D eigenvalue weighted by atomic mass is 9.80. The van der Waals surface area contributed by atoms with E-state index in [1.54, 1.807) is 25.1 Å². The quantitative estimate of drug-likeness (QED) is 0.559. The van der Waals surface area contributed by atoms with Gasteiger partial charge < -0.3 is 29.9 Å². The largest absolute Gasteiger partial charge is 0.504 e. The smallest absolute Gasteiger partial charge is 0.336 e. The van der Waals surface area contributed by atoms with Gasteiger partial charge in [-0.15, -0.1) is 0 Å². The Morgan fingerprint density at radius 3 is 1.96 bits per heavy atom. The molecule has 0 heterocycles. The van der Waals surface area contributed by atoms with Gasteiger partial charge in [-0.25, -0.2) is 4.79 Å². The highest BCUT2D eigenvalue weighted by atomic mass is 16.5. The molecule has 7 heteroatoms. The van der Waals surface area contributed by atoms with E-state index in [2.05, 4.69) is 0 Å². The molecule has 2 rings (SSSR count). The molecule has 0 aliphatic heterocycles. The van der Waals surface area contributed by atoms with Crippen LogP contribution in [0.3, 0.4) is 0 Å². The average molecular weight is 376 g/mol. The zero-order chi connectivity index (χ0) is 20.2. The highest BCUT2D eigenvalue weighted by Gasteiger charge is 2.42. The number of ether oxygens (including phenoxy) is 2. The van der Waals surface area contributed by atoms with Crippen molar-refractivity contribution in [2.75, 3.05) is 14.2 Å². The summed E-state index contributed by atoms with van der Waals surface area (Å²) in [5.74, 6) is -1.59. The van der Waals surface area contributed by atoms with Gasteiger partial charge in [0.1, 0.15) is 0 Å². The highest BCUT2D eigenvalue weighted by molar-refractivity contribution is 5.78. The maximum atomic E-state index is 11.9. The summed E-state index contributed by atoms with van der Waals surface area (Å²) < 4.78 is 10.1. The van der Waals surface area contributed by atoms with E-state index in [0.29, 0.717) is 5.56 Å². The van der Waals surface area contributed by atoms with Gasteiger partial charge in [0.25, 0.3) is 0 Å². The molecule has 4 N–H and O–H groups in total. The van der Waals surface area contributed by atoms with Gasteiger partial charge in [0.15, 0.2) is 28.6 Å². The molecule has 0 bridgehead atoms. The summed E-state index contributed by atoms with van der Waals surface area (Å²) in [6, 6.07) is 9.16. The number of methoxy groups -OCH3 is 2. The zero-order valence-electron chi connectivity index (χ0n) is 15.5. The van der Waals surface area contributed by atoms with Crippen LogP contribution in [-0.2, 0) is 17.6 Å². The zero-order valence-corrected chi connectivity index (χ0v) is 15.5. The third-order valence-corrected chi connectivity index (χ3v) is 4.69. The SMILES string of the molecule is COc1cc(CC(C)C(O)(Cc2ccc(O)c(OC)c2)C(=O)O)ccc1O. The topological polar surface area (TPSA) is 116 Å². The number of hydrogen-bond acceptors (Lipinski definition) is 6. The van der Waals surface area contributed by atoms with Gasteiger partial charge in [0.05, 0.1) is 14.2 Å². The van der Waals surface area contributed by atoms with E-state index in [9.17, 15) is 25.2 Å². The Morgan fingerprint density at radius 2 is 1.48 bits per heavy atom. The molecule has 2 atom stereocenters. The van der Waals surface area contributed by atoms with Crippen LogP contribution in [0.1, 0.15) is 18.1 Å². The van der Waals surface area contributed by atoms with Gasteiger partial charge in [-0.05, 0) is 41.8 Å². The van der Waals surface area contributed by atoms with Crippen LogP contribution in [0.15, 0.2) is 36.4 Å². The highest BCUT2D eigenvalue weighted by Crippen LogP contribution is 2.33. The molecule has 0 spiro atoms. The monoisotopic (exact) mass is 376 g/mol. The fourth-order valence-electron chi connectivity index (χ4n) is 2.98. The van der Waals surface area contributed by atoms with E-state index in [1.807, 2.05) is 0 Å². The molecule has 0 aliphatic rings. The number of hydrogen-bond donors (Lipinski definition) is 4. The summed E-state index contributed by atoms with van der Waals surface area (Å²) in [4.78, 5) is 11.9. The first-order valence-electron chi connectivity index (χ1n) is 8.38. The normalized spacial score (nSPS) is 14.2. The van der Waals surface area contributed by atoms with Crippen LogP contribution in [0.4, 0.5) is 0 Å². The average Bonchev–Trinajstić information content (AvgIpc) is 2.64. The lowest BCUT2D eigenvalue weighted by Gasteiger charge is -2.30. The molecule has 0 amide bonds. The predicted octanol–water partition coefficient (Wildman–Crippen LogP) is 2.35. The Hall–Kier alpha value is -2.93. The van der Waals surface area contributed by atoms with Crippen LogP contribution in [-0.4, -0.2) is 46.2 Å². The van der Waals surface area contributed by atoms with Crippen molar-refractivity contribution >= 4 is 5.97 Å². The van der Waals surface area contributed by atoms with Gasteiger partial charge in [0, 0.05) is 12.3 Å². The van der Waals surface area contributed by atoms with Gasteiger partial charge >= 0.3 is 5.97 Å². The van der Waals surface area contributed by atoms with Crippen molar-refractivity contribution in [1.29, 1.82) is 0 Å². The summed E-state index contributed by atoms with van der Waals surface area (Å²) in [5.41, 5.74) is -0.794. The molecule has 0 aliphatic carbocycles. The minimum absolute atomic E-state index is 0.0152. The van der Waals surface area contributed by atoms with E-state index >= 15 is 0 Å². The number of carboxylic acids is 1. The third kappa shape index (κ3) is 4.43. The second-order valence-corrected chi connectivity index (χ2v) is 6.52. The third-order valence-electron chi connectivity index (χ3n) is 4.69. The molecule has 0 saturated heterocycles. The first-order chi connectivity index (χ1) is 12.7. The molecule has 0 aromatic heterocycles. The molecule has 2 unspecified atom stereocenters. The second-order valence-electron chi connectivity index (χ2n) is 6.52. The summed E-state index contributed by atoms with van der Waals surface area (Å²) in [7, 11) is 2.82. The number of phenolic OH excluding ortho intramolecular Hbond substituents is 2. The number of carbonyl (C=O) groups is 1. The fraction of sp³-hybridized carbons (Fsp3) is 0.350. The number of aliphatic hydroxyl groups is 1. The van der Waals surface area contributed by atoms with Gasteiger partial charge in [-0.3, -0.25) is 0 Å². The maximum absolute atomic E-state index is 11.9. The number of rotatable bonds is 8. The van der Waals surface area contributed by atoms with E-state index in [-0.39, 0.29) is 35.8 Å². The number of carboxylic acid groups (broad SMARTS) is 1. The summed E-state index contributed by atoms with van der Waals surface area (Å²) in [5, 5.41) is 39.9. The van der Waals surface area contributed by atoms with Gasteiger partial charge in [-0.2, -0.15) is 0 Å². The first-order valence-corrected chi connectivity index (χ1v) is 8.38. The van der Waals surface area contributed by atoms with Crippen molar-refractivity contribution in [2.45, 2.75) is 25.4 Å². The van der Waals surface area contributed by atoms with Crippen molar-refractivity contribution in [2.24, 2.45) is 5.92 Å². The first kappa shape index (κ1) is 20.4. The van der Waals surface area contributed by atoms with Crippen molar-refractivity contribution in [3.63, 3.8) is 0 Å². The molecule has 0 fully saturated rings. The summed E-state index contributed by atoms with van der Waals surface area (Å²) in [6.07, 6.45) is 0.101. The molecule has 2 aromatic rings. The predicted molar refractivity (Wildman–Crippen MR) is 98.5 cm³/mol. The Kier molecular flexibility index (Phi) is 6.17. The van der Waals surface area contributed by atoms with E-state index < -0.39 is 17.5 Å². The van der Waals surface area contributed by atoms with Crippen molar-refractivity contribution in [1.82, 2.24) is 0 Å². The van der Waals surface area contributed by atoms with E-state index in [1.165, 1.54) is 32.4 Å². The van der Waals surface area contributed by atoms with Crippen LogP contribution in [0.2, 0.25) is 0 Å². The Labute approximate surface area is 157 Å². The Balaban J connectivity index is 2.27. The molecule has 2 aromatic carbocycles. The molecular formula is C20H24O7. The molecule has 146 valence electrons. The lowest BCUT2D eigenvalue weighted by molar-refractivity contribution is -0.164. The molecule has 27 heavy (non-hydrogen) atoms. The number of aliphatic carboxylic acids is 1. The van der Waals surface area contributed by atoms with Crippen LogP contribution in [0, 0.1) is 5.92 Å². The number of aromatic hydroxyl groups is 2. The van der Waals surface area contributed by atoms with Crippen LogP contribution < -0.4 is 9.47 Å². The van der Waals surface area contributed by atoms with Crippen molar-refractivity contribution in [3.05, 3.63) is 47.5 Å². The van der Waals surface area contributed by atoms with Gasteiger partial charge in [0.2, 0.25) is 0 Å². The molecule has 0 saturated carbocycles. The maximum Gasteiger partial charge on any atom is 0.336 e. The Bertz CT molecular complexity index is 818. The summed E-state index contributed by atoms with van der Waals surface area (Å²) >= 11 is 0. The Morgan fingerprint density at radius 1 is 1.00 bits per heavy atom. The molecular weight excluding hydrogens is 352 g/mol. The standard InChI is InChI=1S/C20H24O7/c1-12(8-13-4-6-15(21)17(9-13)26-2)20(25,19(23)24)11-14-5-7-16(22)18(10-14)27-3/h4-7,9-10,12,21-22,25H,8,11H2,1-3H3,(H,23,24). The lowest BCUT2D eigenvalue weighted by Crippen LogP contribution is -2.47. The van der Waals surface area contributed by atoms with Crippen molar-refractivity contribution in [3.8, 4) is 23.0 Å². The van der Waals surface area contributed by atoms with E-state index in [0.717, 1.165) is 5.56 Å². The second kappa shape index (κ2) is 8.18. The molecule has 7 nitrogen and oxygen atoms in total. The van der Waals surface area contributed by atoms with Crippen LogP contribution in [0.5, 0.6) is 23.0 Å². The minimum Gasteiger partial charge on any atom is -0.504 e. The number of phenols is 2. The van der Waals surface area contributed by atoms with Crippen LogP contribution >= 0.6 is 0 Å². The number of benzene rings is 2. The van der Waals surface area contributed by atoms with Gasteiger partial charge in [-0.1, -0.05) is 19.1 Å². The summed E-state index contributed by atoms with van der Waals surface area (Å²) in [6.45, 7) is 1.64.